The first kappa shape index (κ1) is 26.1. The lowest BCUT2D eigenvalue weighted by Crippen LogP contribution is -2.55. The summed E-state index contributed by atoms with van der Waals surface area (Å²) < 4.78 is 7.54. The quantitative estimate of drug-likeness (QED) is 0.471. The summed E-state index contributed by atoms with van der Waals surface area (Å²) in [6, 6.07) is 11.8. The van der Waals surface area contributed by atoms with Crippen LogP contribution in [0.2, 0.25) is 0 Å². The van der Waals surface area contributed by atoms with E-state index in [0.29, 0.717) is 38.3 Å². The van der Waals surface area contributed by atoms with Gasteiger partial charge >= 0.3 is 6.03 Å². The summed E-state index contributed by atoms with van der Waals surface area (Å²) >= 11 is 1.64. The normalized spacial score (nSPS) is 19.2. The SMILES string of the molecule is CCCCOc1ccc(NC(=O)[C@H](CCSC)NC(=O)N2C[C@@H]3C[C@H](C2)c2cccc(=O)n2C3)cc1. The summed E-state index contributed by atoms with van der Waals surface area (Å²) in [5, 5.41) is 5.92. The predicted octanol–water partition coefficient (Wildman–Crippen LogP) is 3.92. The Kier molecular flexibility index (Phi) is 8.96. The molecule has 194 valence electrons. The van der Waals surface area contributed by atoms with Gasteiger partial charge in [0.1, 0.15) is 11.8 Å². The van der Waals surface area contributed by atoms with Crippen molar-refractivity contribution in [2.75, 3.05) is 37.0 Å². The van der Waals surface area contributed by atoms with E-state index in [1.807, 2.05) is 46.1 Å². The fraction of sp³-hybridized carbons (Fsp3) is 0.519. The van der Waals surface area contributed by atoms with E-state index in [0.717, 1.165) is 36.5 Å². The molecule has 1 aromatic heterocycles. The zero-order valence-electron chi connectivity index (χ0n) is 21.1. The van der Waals surface area contributed by atoms with Crippen molar-refractivity contribution in [2.45, 2.75) is 51.1 Å². The van der Waals surface area contributed by atoms with Crippen molar-refractivity contribution < 1.29 is 14.3 Å². The topological polar surface area (TPSA) is 92.7 Å². The van der Waals surface area contributed by atoms with Gasteiger partial charge in [0.2, 0.25) is 5.91 Å². The van der Waals surface area contributed by atoms with Gasteiger partial charge in [0.25, 0.3) is 5.56 Å². The number of thioether (sulfide) groups is 1. The molecular weight excluding hydrogens is 476 g/mol. The standard InChI is InChI=1S/C27H36N4O4S/c1-3-4-13-35-22-10-8-21(9-11-22)28-26(33)23(12-14-36-2)29-27(34)30-16-19-15-20(18-30)24-6-5-7-25(32)31(24)17-19/h5-11,19-20,23H,3-4,12-18H2,1-2H3,(H,28,33)(H,29,34)/t19-,20+,23-/m0/s1. The highest BCUT2D eigenvalue weighted by Crippen LogP contribution is 2.35. The number of hydrogen-bond acceptors (Lipinski definition) is 5. The van der Waals surface area contributed by atoms with Crippen molar-refractivity contribution in [2.24, 2.45) is 5.92 Å². The number of benzene rings is 1. The molecule has 2 bridgehead atoms. The van der Waals surface area contributed by atoms with Gasteiger partial charge in [0.15, 0.2) is 0 Å². The molecule has 1 aromatic carbocycles. The largest absolute Gasteiger partial charge is 0.494 e. The lowest BCUT2D eigenvalue weighted by atomic mass is 9.83. The van der Waals surface area contributed by atoms with Crippen LogP contribution in [0.15, 0.2) is 47.3 Å². The van der Waals surface area contributed by atoms with E-state index >= 15 is 0 Å². The molecule has 2 aromatic rings. The minimum Gasteiger partial charge on any atom is -0.494 e. The first-order chi connectivity index (χ1) is 17.5. The molecule has 8 nitrogen and oxygen atoms in total. The van der Waals surface area contributed by atoms with Crippen LogP contribution in [0.5, 0.6) is 5.75 Å². The lowest BCUT2D eigenvalue weighted by Gasteiger charge is -2.43. The Bertz CT molecular complexity index is 1100. The van der Waals surface area contributed by atoms with Crippen LogP contribution in [-0.2, 0) is 11.3 Å². The number of piperidine rings is 1. The molecule has 0 unspecified atom stereocenters. The third-order valence-corrected chi connectivity index (χ3v) is 7.52. The maximum Gasteiger partial charge on any atom is 0.318 e. The van der Waals surface area contributed by atoms with E-state index in [9.17, 15) is 14.4 Å². The third kappa shape index (κ3) is 6.43. The van der Waals surface area contributed by atoms with Gasteiger partial charge < -0.3 is 24.8 Å². The number of pyridine rings is 1. The number of urea groups is 1. The summed E-state index contributed by atoms with van der Waals surface area (Å²) in [4.78, 5) is 40.4. The van der Waals surface area contributed by atoms with Gasteiger partial charge in [-0.05, 0) is 67.5 Å². The molecule has 3 amide bonds. The highest BCUT2D eigenvalue weighted by Gasteiger charge is 2.37. The van der Waals surface area contributed by atoms with E-state index in [4.69, 9.17) is 4.74 Å². The number of anilines is 1. The smallest absolute Gasteiger partial charge is 0.318 e. The Hall–Kier alpha value is -2.94. The Morgan fingerprint density at radius 2 is 1.94 bits per heavy atom. The maximum absolute atomic E-state index is 13.3. The van der Waals surface area contributed by atoms with E-state index in [-0.39, 0.29) is 29.3 Å². The molecular formula is C27H36N4O4S. The number of likely N-dealkylation sites (tertiary alicyclic amines) is 1. The van der Waals surface area contributed by atoms with Gasteiger partial charge in [-0.1, -0.05) is 19.4 Å². The van der Waals surface area contributed by atoms with Crippen LogP contribution in [0, 0.1) is 5.92 Å². The van der Waals surface area contributed by atoms with Crippen molar-refractivity contribution in [3.05, 3.63) is 58.5 Å². The Morgan fingerprint density at radius 3 is 2.69 bits per heavy atom. The predicted molar refractivity (Wildman–Crippen MR) is 144 cm³/mol. The van der Waals surface area contributed by atoms with E-state index < -0.39 is 6.04 Å². The van der Waals surface area contributed by atoms with Crippen LogP contribution in [0.25, 0.3) is 0 Å². The minimum atomic E-state index is -0.637. The molecule has 2 N–H and O–H groups in total. The zero-order valence-corrected chi connectivity index (χ0v) is 21.9. The number of aromatic nitrogens is 1. The van der Waals surface area contributed by atoms with Crippen molar-refractivity contribution in [1.29, 1.82) is 0 Å². The average Bonchev–Trinajstić information content (AvgIpc) is 2.88. The van der Waals surface area contributed by atoms with Gasteiger partial charge in [-0.25, -0.2) is 4.79 Å². The number of nitrogens with one attached hydrogen (secondary N) is 2. The first-order valence-corrected chi connectivity index (χ1v) is 14.2. The van der Waals surface area contributed by atoms with Gasteiger partial charge in [0.05, 0.1) is 6.61 Å². The molecule has 2 aliphatic heterocycles. The highest BCUT2D eigenvalue weighted by molar-refractivity contribution is 7.98. The molecule has 0 spiro atoms. The number of carbonyl (C=O) groups is 2. The van der Waals surface area contributed by atoms with Gasteiger partial charge in [-0.3, -0.25) is 9.59 Å². The molecule has 9 heteroatoms. The Labute approximate surface area is 216 Å². The van der Waals surface area contributed by atoms with Crippen molar-refractivity contribution in [1.82, 2.24) is 14.8 Å². The molecule has 0 radical (unpaired) electrons. The van der Waals surface area contributed by atoms with Crippen LogP contribution in [0.3, 0.4) is 0 Å². The van der Waals surface area contributed by atoms with Crippen LogP contribution < -0.4 is 20.9 Å². The number of amides is 3. The average molecular weight is 513 g/mol. The Morgan fingerprint density at radius 1 is 1.14 bits per heavy atom. The zero-order chi connectivity index (χ0) is 25.5. The van der Waals surface area contributed by atoms with Gasteiger partial charge in [-0.2, -0.15) is 11.8 Å². The second kappa shape index (κ2) is 12.3. The van der Waals surface area contributed by atoms with E-state index in [1.54, 1.807) is 23.9 Å². The van der Waals surface area contributed by atoms with E-state index in [1.165, 1.54) is 0 Å². The van der Waals surface area contributed by atoms with E-state index in [2.05, 4.69) is 17.6 Å². The van der Waals surface area contributed by atoms with Crippen LogP contribution in [0.4, 0.5) is 10.5 Å². The van der Waals surface area contributed by atoms with Crippen molar-refractivity contribution in [3.63, 3.8) is 0 Å². The second-order valence-corrected chi connectivity index (χ2v) is 10.6. The number of carbonyl (C=O) groups excluding carboxylic acids is 2. The van der Waals surface area contributed by atoms with Gasteiger partial charge in [0, 0.05) is 43.0 Å². The number of ether oxygens (including phenoxy) is 1. The summed E-state index contributed by atoms with van der Waals surface area (Å²) in [6.07, 6.45) is 5.57. The molecule has 4 rings (SSSR count). The fourth-order valence-corrected chi connectivity index (χ4v) is 5.48. The fourth-order valence-electron chi connectivity index (χ4n) is 5.01. The molecule has 36 heavy (non-hydrogen) atoms. The molecule has 0 aliphatic carbocycles. The lowest BCUT2D eigenvalue weighted by molar-refractivity contribution is -0.118. The first-order valence-electron chi connectivity index (χ1n) is 12.8. The number of unbranched alkanes of at least 4 members (excludes halogenated alkanes) is 1. The second-order valence-electron chi connectivity index (χ2n) is 9.60. The number of fused-ring (bicyclic) bond motifs is 4. The third-order valence-electron chi connectivity index (χ3n) is 6.88. The van der Waals surface area contributed by atoms with Crippen molar-refractivity contribution >= 4 is 29.4 Å². The summed E-state index contributed by atoms with van der Waals surface area (Å²) in [7, 11) is 0. The summed E-state index contributed by atoms with van der Waals surface area (Å²) in [6.45, 7) is 4.55. The molecule has 1 fully saturated rings. The maximum atomic E-state index is 13.3. The van der Waals surface area contributed by atoms with Crippen molar-refractivity contribution in [3.8, 4) is 5.75 Å². The molecule has 2 aliphatic rings. The molecule has 1 saturated heterocycles. The molecule has 3 atom stereocenters. The van der Waals surface area contributed by atoms with Crippen LogP contribution in [-0.4, -0.2) is 59.2 Å². The van der Waals surface area contributed by atoms with Gasteiger partial charge in [-0.15, -0.1) is 0 Å². The number of hydrogen-bond donors (Lipinski definition) is 2. The highest BCUT2D eigenvalue weighted by atomic mass is 32.2. The monoisotopic (exact) mass is 512 g/mol. The van der Waals surface area contributed by atoms with Crippen LogP contribution >= 0.6 is 11.8 Å². The summed E-state index contributed by atoms with van der Waals surface area (Å²) in [5.41, 5.74) is 1.69. The minimum absolute atomic E-state index is 0.0226. The Balaban J connectivity index is 1.37. The summed E-state index contributed by atoms with van der Waals surface area (Å²) in [5.74, 6) is 1.66. The molecule has 3 heterocycles. The number of rotatable bonds is 10. The molecule has 0 saturated carbocycles. The van der Waals surface area contributed by atoms with Crippen LogP contribution in [0.1, 0.15) is 44.2 Å². The number of nitrogens with zero attached hydrogens (tertiary/aromatic N) is 2.